The molecule has 2 unspecified atom stereocenters. The molecule has 6 heteroatoms. The number of amides is 1. The maximum absolute atomic E-state index is 12.5. The third-order valence-corrected chi connectivity index (χ3v) is 14.3. The molecular formula is C61H119NO5. The summed E-state index contributed by atoms with van der Waals surface area (Å²) in [5, 5.41) is 23.2. The lowest BCUT2D eigenvalue weighted by atomic mass is 10.0. The SMILES string of the molecule is CCCCCCCCC/C=C\CCCCCCCC(=O)OCCCCCCCCCCCCCCCCCCCCCCCC(=O)NC(CO)C(O)CCCCCCCCCCCCCCC. The molecule has 0 saturated heterocycles. The van der Waals surface area contributed by atoms with Crippen LogP contribution >= 0.6 is 0 Å². The first kappa shape index (κ1) is 65.6. The van der Waals surface area contributed by atoms with Crippen LogP contribution in [-0.2, 0) is 14.3 Å². The number of rotatable bonds is 57. The van der Waals surface area contributed by atoms with Crippen molar-refractivity contribution in [1.82, 2.24) is 5.32 Å². The second kappa shape index (κ2) is 57.2. The number of nitrogens with one attached hydrogen (secondary N) is 1. The third-order valence-electron chi connectivity index (χ3n) is 14.3. The minimum atomic E-state index is -0.663. The molecule has 0 aromatic carbocycles. The average molecular weight is 947 g/mol. The topological polar surface area (TPSA) is 95.9 Å². The monoisotopic (exact) mass is 946 g/mol. The number of unbranched alkanes of at least 4 members (excludes halogenated alkanes) is 44. The Hall–Kier alpha value is -1.40. The van der Waals surface area contributed by atoms with Gasteiger partial charge in [-0.3, -0.25) is 9.59 Å². The van der Waals surface area contributed by atoms with Crippen molar-refractivity contribution in [3.8, 4) is 0 Å². The standard InChI is InChI=1S/C61H119NO5/c1-3-5-7-9-11-13-15-17-18-27-31-35-39-43-47-51-55-61(66)67-56-52-48-44-40-36-32-28-25-23-21-19-20-22-24-26-30-34-38-42-46-50-54-60(65)62-58(57-63)59(64)53-49-45-41-37-33-29-16-14-12-10-8-6-4-2/h18,27,58-59,63-64H,3-17,19-26,28-57H2,1-2H3,(H,62,65)/b27-18-. The van der Waals surface area contributed by atoms with Crippen LogP contribution in [0.25, 0.3) is 0 Å². The van der Waals surface area contributed by atoms with E-state index >= 15 is 0 Å². The quantitative estimate of drug-likeness (QED) is 0.0321. The molecule has 0 aliphatic rings. The second-order valence-corrected chi connectivity index (χ2v) is 21.0. The molecule has 1 amide bonds. The van der Waals surface area contributed by atoms with E-state index < -0.39 is 12.1 Å². The van der Waals surface area contributed by atoms with Gasteiger partial charge in [0.1, 0.15) is 0 Å². The van der Waals surface area contributed by atoms with Gasteiger partial charge in [0.05, 0.1) is 25.4 Å². The van der Waals surface area contributed by atoms with Crippen molar-refractivity contribution in [2.24, 2.45) is 0 Å². The number of hydrogen-bond donors (Lipinski definition) is 3. The van der Waals surface area contributed by atoms with Gasteiger partial charge in [0.25, 0.3) is 0 Å². The van der Waals surface area contributed by atoms with E-state index in [1.807, 2.05) is 0 Å². The molecule has 0 aliphatic heterocycles. The maximum Gasteiger partial charge on any atom is 0.305 e. The lowest BCUT2D eigenvalue weighted by Crippen LogP contribution is -2.45. The van der Waals surface area contributed by atoms with E-state index in [9.17, 15) is 19.8 Å². The van der Waals surface area contributed by atoms with Gasteiger partial charge in [-0.15, -0.1) is 0 Å². The van der Waals surface area contributed by atoms with E-state index in [-0.39, 0.29) is 18.5 Å². The first-order valence-electron chi connectivity index (χ1n) is 30.4. The molecule has 6 nitrogen and oxygen atoms in total. The first-order valence-corrected chi connectivity index (χ1v) is 30.4. The maximum atomic E-state index is 12.5. The number of carbonyl (C=O) groups excluding carboxylic acids is 2. The summed E-state index contributed by atoms with van der Waals surface area (Å²) in [5.41, 5.74) is 0. The molecule has 0 aliphatic carbocycles. The number of aliphatic hydroxyl groups is 2. The van der Waals surface area contributed by atoms with Crippen LogP contribution in [0, 0.1) is 0 Å². The minimum Gasteiger partial charge on any atom is -0.466 e. The second-order valence-electron chi connectivity index (χ2n) is 21.0. The van der Waals surface area contributed by atoms with Crippen LogP contribution in [0.3, 0.4) is 0 Å². The number of esters is 1. The summed E-state index contributed by atoms with van der Waals surface area (Å²) in [5.74, 6) is -0.0293. The van der Waals surface area contributed by atoms with E-state index in [0.29, 0.717) is 25.9 Å². The van der Waals surface area contributed by atoms with Gasteiger partial charge in [-0.25, -0.2) is 0 Å². The number of carbonyl (C=O) groups is 2. The Morgan fingerprint density at radius 2 is 0.701 bits per heavy atom. The zero-order valence-corrected chi connectivity index (χ0v) is 45.4. The Labute approximate surface area is 419 Å². The fourth-order valence-corrected chi connectivity index (χ4v) is 9.64. The van der Waals surface area contributed by atoms with E-state index in [2.05, 4.69) is 31.3 Å². The first-order chi connectivity index (χ1) is 33.0. The van der Waals surface area contributed by atoms with Crippen LogP contribution in [0.1, 0.15) is 341 Å². The van der Waals surface area contributed by atoms with E-state index in [0.717, 1.165) is 44.9 Å². The molecule has 398 valence electrons. The van der Waals surface area contributed by atoms with Crippen molar-refractivity contribution in [2.75, 3.05) is 13.2 Å². The molecule has 0 bridgehead atoms. The number of ether oxygens (including phenoxy) is 1. The lowest BCUT2D eigenvalue weighted by Gasteiger charge is -2.22. The number of allylic oxidation sites excluding steroid dienone is 2. The predicted molar refractivity (Wildman–Crippen MR) is 292 cm³/mol. The van der Waals surface area contributed by atoms with Crippen molar-refractivity contribution >= 4 is 11.9 Å². The summed E-state index contributed by atoms with van der Waals surface area (Å²) in [6.45, 7) is 4.96. The molecule has 3 N–H and O–H groups in total. The number of aliphatic hydroxyl groups excluding tert-OH is 2. The molecular weight excluding hydrogens is 827 g/mol. The molecule has 0 heterocycles. The Morgan fingerprint density at radius 3 is 1.06 bits per heavy atom. The normalized spacial score (nSPS) is 12.6. The van der Waals surface area contributed by atoms with Crippen molar-refractivity contribution in [1.29, 1.82) is 0 Å². The van der Waals surface area contributed by atoms with Crippen LogP contribution in [0.15, 0.2) is 12.2 Å². The number of hydrogen-bond acceptors (Lipinski definition) is 5. The third kappa shape index (κ3) is 53.8. The smallest absolute Gasteiger partial charge is 0.305 e. The van der Waals surface area contributed by atoms with Gasteiger partial charge < -0.3 is 20.3 Å². The van der Waals surface area contributed by atoms with E-state index in [1.165, 1.54) is 263 Å². The fraction of sp³-hybridized carbons (Fsp3) is 0.934. The van der Waals surface area contributed by atoms with Gasteiger partial charge in [-0.2, -0.15) is 0 Å². The minimum absolute atomic E-state index is 0.00525. The molecule has 0 aromatic heterocycles. The van der Waals surface area contributed by atoms with Crippen LogP contribution in [0.5, 0.6) is 0 Å². The Kier molecular flexibility index (Phi) is 56.0. The van der Waals surface area contributed by atoms with E-state index in [1.54, 1.807) is 0 Å². The molecule has 67 heavy (non-hydrogen) atoms. The molecule has 0 saturated carbocycles. The van der Waals surface area contributed by atoms with Crippen molar-refractivity contribution in [2.45, 2.75) is 353 Å². The molecule has 0 radical (unpaired) electrons. The van der Waals surface area contributed by atoms with Crippen molar-refractivity contribution in [3.63, 3.8) is 0 Å². The van der Waals surface area contributed by atoms with Gasteiger partial charge in [-0.1, -0.05) is 289 Å². The molecule has 0 spiro atoms. The van der Waals surface area contributed by atoms with Crippen LogP contribution in [0.2, 0.25) is 0 Å². The summed E-state index contributed by atoms with van der Waals surface area (Å²) in [4.78, 5) is 24.5. The highest BCUT2D eigenvalue weighted by molar-refractivity contribution is 5.76. The zero-order chi connectivity index (χ0) is 48.6. The van der Waals surface area contributed by atoms with Gasteiger partial charge in [0.15, 0.2) is 0 Å². The zero-order valence-electron chi connectivity index (χ0n) is 45.4. The molecule has 0 rings (SSSR count). The Bertz CT molecular complexity index is 1000. The summed E-state index contributed by atoms with van der Waals surface area (Å²) in [6.07, 6.45) is 67.9. The van der Waals surface area contributed by atoms with Gasteiger partial charge in [0, 0.05) is 12.8 Å². The lowest BCUT2D eigenvalue weighted by molar-refractivity contribution is -0.143. The van der Waals surface area contributed by atoms with Crippen LogP contribution in [0.4, 0.5) is 0 Å². The Morgan fingerprint density at radius 1 is 0.403 bits per heavy atom. The van der Waals surface area contributed by atoms with Crippen LogP contribution in [-0.4, -0.2) is 47.4 Å². The van der Waals surface area contributed by atoms with E-state index in [4.69, 9.17) is 4.74 Å². The van der Waals surface area contributed by atoms with Gasteiger partial charge in [0.2, 0.25) is 5.91 Å². The summed E-state index contributed by atoms with van der Waals surface area (Å²) < 4.78 is 5.49. The van der Waals surface area contributed by atoms with Crippen molar-refractivity contribution < 1.29 is 24.5 Å². The van der Waals surface area contributed by atoms with Crippen molar-refractivity contribution in [3.05, 3.63) is 12.2 Å². The summed E-state index contributed by atoms with van der Waals surface area (Å²) >= 11 is 0. The molecule has 0 aromatic rings. The highest BCUT2D eigenvalue weighted by atomic mass is 16.5. The summed E-state index contributed by atoms with van der Waals surface area (Å²) in [7, 11) is 0. The predicted octanol–water partition coefficient (Wildman–Crippen LogP) is 18.9. The van der Waals surface area contributed by atoms with Gasteiger partial charge in [-0.05, 0) is 51.4 Å². The highest BCUT2D eigenvalue weighted by Crippen LogP contribution is 2.18. The Balaban J connectivity index is 3.36. The molecule has 0 fully saturated rings. The van der Waals surface area contributed by atoms with Crippen LogP contribution < -0.4 is 5.32 Å². The fourth-order valence-electron chi connectivity index (χ4n) is 9.64. The average Bonchev–Trinajstić information content (AvgIpc) is 3.33. The summed E-state index contributed by atoms with van der Waals surface area (Å²) in [6, 6.07) is -0.541. The largest absolute Gasteiger partial charge is 0.466 e. The molecule has 2 atom stereocenters. The van der Waals surface area contributed by atoms with Gasteiger partial charge >= 0.3 is 5.97 Å². The highest BCUT2D eigenvalue weighted by Gasteiger charge is 2.20.